The van der Waals surface area contributed by atoms with Gasteiger partial charge in [-0.25, -0.2) is 13.2 Å². The van der Waals surface area contributed by atoms with Gasteiger partial charge in [0.05, 0.1) is 0 Å². The number of alkyl halides is 7. The Kier molecular flexibility index (Phi) is 5.00. The molecule has 108 valence electrons. The molecule has 0 aliphatic rings. The molecule has 0 saturated carbocycles. The van der Waals surface area contributed by atoms with Gasteiger partial charge in [-0.05, 0) is 24.3 Å². The van der Waals surface area contributed by atoms with Crippen molar-refractivity contribution in [3.8, 4) is 0 Å². The minimum Gasteiger partial charge on any atom is -0.228 e. The molecule has 1 rings (SSSR count). The molecule has 0 amide bonds. The van der Waals surface area contributed by atoms with Crippen LogP contribution in [0.3, 0.4) is 0 Å². The van der Waals surface area contributed by atoms with Crippen LogP contribution in [-0.4, -0.2) is 23.8 Å². The lowest BCUT2D eigenvalue weighted by Gasteiger charge is -2.27. The predicted octanol–water partition coefficient (Wildman–Crippen LogP) is 5.26. The Bertz CT molecular complexity index is 420. The Balaban J connectivity index is 2.87. The van der Waals surface area contributed by atoms with Crippen molar-refractivity contribution in [2.24, 2.45) is 0 Å². The average Bonchev–Trinajstić information content (AvgIpc) is 2.31. The van der Waals surface area contributed by atoms with Crippen LogP contribution in [0.5, 0.6) is 0 Å². The summed E-state index contributed by atoms with van der Waals surface area (Å²) >= 11 is 5.20. The van der Waals surface area contributed by atoms with Gasteiger partial charge in [-0.3, -0.25) is 0 Å². The van der Waals surface area contributed by atoms with Gasteiger partial charge >= 0.3 is 18.3 Å². The van der Waals surface area contributed by atoms with E-state index >= 15 is 0 Å². The van der Waals surface area contributed by atoms with Crippen molar-refractivity contribution in [2.45, 2.75) is 28.7 Å². The summed E-state index contributed by atoms with van der Waals surface area (Å²) in [5.74, 6) is -11.2. The van der Waals surface area contributed by atoms with E-state index in [-0.39, 0.29) is 21.7 Å². The summed E-state index contributed by atoms with van der Waals surface area (Å²) in [4.78, 5) is -0.137. The van der Waals surface area contributed by atoms with Crippen molar-refractivity contribution in [3.05, 3.63) is 29.3 Å². The highest BCUT2D eigenvalue weighted by Crippen LogP contribution is 2.47. The van der Waals surface area contributed by atoms with Gasteiger partial charge in [0.25, 0.3) is 0 Å². The maximum atomic E-state index is 13.2. The van der Waals surface area contributed by atoms with Crippen LogP contribution in [0.15, 0.2) is 29.2 Å². The standard InChI is InChI=1S/C10H6ClF7S/c11-5-1-3-6(4-2-5)19-8(14)10(17,18)9(15,16)7(12)13/h1-4,7-8H. The van der Waals surface area contributed by atoms with Crippen LogP contribution in [0, 0.1) is 0 Å². The molecule has 0 radical (unpaired) electrons. The van der Waals surface area contributed by atoms with Crippen LogP contribution in [-0.2, 0) is 0 Å². The Morgan fingerprint density at radius 1 is 0.895 bits per heavy atom. The number of benzene rings is 1. The molecule has 9 heteroatoms. The molecule has 0 spiro atoms. The van der Waals surface area contributed by atoms with Crippen LogP contribution in [0.4, 0.5) is 30.7 Å². The molecule has 0 heterocycles. The lowest BCUT2D eigenvalue weighted by Crippen LogP contribution is -2.51. The highest BCUT2D eigenvalue weighted by atomic mass is 35.5. The van der Waals surface area contributed by atoms with Crippen molar-refractivity contribution >= 4 is 23.4 Å². The molecule has 0 nitrogen and oxygen atoms in total. The highest BCUT2D eigenvalue weighted by molar-refractivity contribution is 7.99. The fourth-order valence-electron chi connectivity index (χ4n) is 1.00. The van der Waals surface area contributed by atoms with Crippen LogP contribution in [0.25, 0.3) is 0 Å². The number of hydrogen-bond acceptors (Lipinski definition) is 1. The first-order valence-electron chi connectivity index (χ1n) is 4.69. The summed E-state index contributed by atoms with van der Waals surface area (Å²) < 4.78 is 87.9. The number of halogens is 8. The van der Waals surface area contributed by atoms with E-state index in [1.54, 1.807) is 0 Å². The van der Waals surface area contributed by atoms with E-state index in [1.807, 2.05) is 0 Å². The van der Waals surface area contributed by atoms with Gasteiger partial charge < -0.3 is 0 Å². The third kappa shape index (κ3) is 3.47. The van der Waals surface area contributed by atoms with Crippen molar-refractivity contribution in [2.75, 3.05) is 0 Å². The first-order valence-corrected chi connectivity index (χ1v) is 5.95. The monoisotopic (exact) mass is 326 g/mol. The van der Waals surface area contributed by atoms with Crippen molar-refractivity contribution in [1.82, 2.24) is 0 Å². The molecule has 0 N–H and O–H groups in total. The van der Waals surface area contributed by atoms with Gasteiger partial charge in [0.2, 0.25) is 5.50 Å². The summed E-state index contributed by atoms with van der Waals surface area (Å²) in [5.41, 5.74) is -3.52. The van der Waals surface area contributed by atoms with E-state index < -0.39 is 23.8 Å². The Hall–Kier alpha value is -0.630. The maximum Gasteiger partial charge on any atom is 0.373 e. The smallest absolute Gasteiger partial charge is 0.228 e. The van der Waals surface area contributed by atoms with Crippen molar-refractivity contribution < 1.29 is 30.7 Å². The van der Waals surface area contributed by atoms with E-state index in [9.17, 15) is 30.7 Å². The minimum absolute atomic E-state index is 0.137. The lowest BCUT2D eigenvalue weighted by atomic mass is 10.2. The van der Waals surface area contributed by atoms with Gasteiger partial charge in [0, 0.05) is 9.92 Å². The van der Waals surface area contributed by atoms with Gasteiger partial charge in [-0.1, -0.05) is 23.4 Å². The average molecular weight is 327 g/mol. The van der Waals surface area contributed by atoms with Gasteiger partial charge in [0.15, 0.2) is 0 Å². The molecule has 0 saturated heterocycles. The van der Waals surface area contributed by atoms with Crippen LogP contribution < -0.4 is 0 Å². The SMILES string of the molecule is FC(F)C(F)(F)C(F)(F)C(F)Sc1ccc(Cl)cc1. The molecule has 1 aromatic carbocycles. The van der Waals surface area contributed by atoms with Gasteiger partial charge in [-0.15, -0.1) is 0 Å². The normalized spacial score (nSPS) is 14.8. The van der Waals surface area contributed by atoms with Crippen LogP contribution >= 0.6 is 23.4 Å². The summed E-state index contributed by atoms with van der Waals surface area (Å²) in [7, 11) is 0. The second-order valence-electron chi connectivity index (χ2n) is 3.43. The highest BCUT2D eigenvalue weighted by Gasteiger charge is 2.67. The molecule has 0 aliphatic heterocycles. The zero-order chi connectivity index (χ0) is 14.8. The number of rotatable bonds is 5. The summed E-state index contributed by atoms with van der Waals surface area (Å²) in [6, 6.07) is 4.66. The summed E-state index contributed by atoms with van der Waals surface area (Å²) in [6.07, 6.45) is -4.66. The number of thioether (sulfide) groups is 1. The van der Waals surface area contributed by atoms with E-state index in [1.165, 1.54) is 12.1 Å². The molecule has 0 bridgehead atoms. The fraction of sp³-hybridized carbons (Fsp3) is 0.400. The second-order valence-corrected chi connectivity index (χ2v) is 4.99. The second kappa shape index (κ2) is 5.78. The Labute approximate surface area is 112 Å². The van der Waals surface area contributed by atoms with Crippen LogP contribution in [0.2, 0.25) is 5.02 Å². The predicted molar refractivity (Wildman–Crippen MR) is 58.1 cm³/mol. The zero-order valence-electron chi connectivity index (χ0n) is 8.90. The number of hydrogen-bond donors (Lipinski definition) is 0. The molecule has 0 aliphatic carbocycles. The molecule has 1 aromatic rings. The summed E-state index contributed by atoms with van der Waals surface area (Å²) in [5, 5.41) is 0.226. The lowest BCUT2D eigenvalue weighted by molar-refractivity contribution is -0.273. The largest absolute Gasteiger partial charge is 0.373 e. The molecule has 0 aromatic heterocycles. The van der Waals surface area contributed by atoms with E-state index in [0.717, 1.165) is 12.1 Å². The molecule has 1 atom stereocenters. The fourth-order valence-corrected chi connectivity index (χ4v) is 1.97. The van der Waals surface area contributed by atoms with E-state index in [4.69, 9.17) is 11.6 Å². The van der Waals surface area contributed by atoms with E-state index in [0.29, 0.717) is 0 Å². The van der Waals surface area contributed by atoms with Crippen molar-refractivity contribution in [1.29, 1.82) is 0 Å². The third-order valence-corrected chi connectivity index (χ3v) is 3.36. The molecular formula is C10H6ClF7S. The molecule has 1 unspecified atom stereocenters. The topological polar surface area (TPSA) is 0 Å². The third-order valence-electron chi connectivity index (χ3n) is 2.06. The Morgan fingerprint density at radius 3 is 1.79 bits per heavy atom. The first kappa shape index (κ1) is 16.4. The minimum atomic E-state index is -5.74. The summed E-state index contributed by atoms with van der Waals surface area (Å²) in [6.45, 7) is 0. The van der Waals surface area contributed by atoms with Gasteiger partial charge in [-0.2, -0.15) is 17.6 Å². The molecule has 19 heavy (non-hydrogen) atoms. The zero-order valence-corrected chi connectivity index (χ0v) is 10.5. The van der Waals surface area contributed by atoms with Crippen LogP contribution in [0.1, 0.15) is 0 Å². The Morgan fingerprint density at radius 2 is 1.37 bits per heavy atom. The van der Waals surface area contributed by atoms with Crippen molar-refractivity contribution in [3.63, 3.8) is 0 Å². The quantitative estimate of drug-likeness (QED) is 0.525. The van der Waals surface area contributed by atoms with Gasteiger partial charge in [0.1, 0.15) is 0 Å². The molecular weight excluding hydrogens is 321 g/mol. The first-order chi connectivity index (χ1) is 8.59. The maximum absolute atomic E-state index is 13.2. The van der Waals surface area contributed by atoms with E-state index in [2.05, 4.69) is 0 Å². The molecule has 0 fully saturated rings.